The third-order valence-corrected chi connectivity index (χ3v) is 7.64. The first kappa shape index (κ1) is 26.9. The predicted octanol–water partition coefficient (Wildman–Crippen LogP) is -1.01. The largest absolute Gasteiger partial charge is 0.507 e. The number of nitrogens with two attached hydrogens (primary N) is 1. The van der Waals surface area contributed by atoms with Crippen LogP contribution < -0.4 is 10.5 Å². The molecule has 35 heavy (non-hydrogen) atoms. The zero-order valence-electron chi connectivity index (χ0n) is 19.3. The maximum atomic E-state index is 13.5. The van der Waals surface area contributed by atoms with Crippen LogP contribution in [0.5, 0.6) is 5.75 Å². The maximum Gasteiger partial charge on any atom is 0.225 e. The molecule has 1 amide bonds. The molecule has 0 bridgehead atoms. The van der Waals surface area contributed by atoms with Crippen molar-refractivity contribution in [3.63, 3.8) is 0 Å². The van der Waals surface area contributed by atoms with E-state index in [1.165, 1.54) is 6.07 Å². The average Bonchev–Trinajstić information content (AvgIpc) is 2.74. The van der Waals surface area contributed by atoms with Crippen molar-refractivity contribution in [1.29, 1.82) is 0 Å². The van der Waals surface area contributed by atoms with Gasteiger partial charge in [0.25, 0.3) is 0 Å². The van der Waals surface area contributed by atoms with Crippen LogP contribution in [0.1, 0.15) is 47.2 Å². The summed E-state index contributed by atoms with van der Waals surface area (Å²) in [6.07, 6.45) is 1.18. The SMILES string of the molecule is CS(=O)(=O)NCCCc1ccc(O)c2c1C[C@H]1C[C@@H](CCO)[C@@](O)(C(=O)CC(N)=O)C(=O)C1C2=O. The fourth-order valence-electron chi connectivity index (χ4n) is 5.37. The standard InChI is InChI=1S/C23H30N2O9S/c1-35(33,34)25-7-2-3-12-4-5-16(27)20-15(12)10-13-9-14(6-8-26)23(32,17(28)11-18(24)29)22(31)19(13)21(20)30/h4-5,13-14,19,25-27,32H,2-3,6-11H2,1H3,(H2,24,29)/t13-,14-,19?,23-/m1/s1. The number of aromatic hydroxyl groups is 1. The molecule has 1 fully saturated rings. The van der Waals surface area contributed by atoms with Gasteiger partial charge in [0.1, 0.15) is 5.75 Å². The van der Waals surface area contributed by atoms with Crippen molar-refractivity contribution in [3.05, 3.63) is 28.8 Å². The molecule has 1 aromatic rings. The Bertz CT molecular complexity index is 1160. The third-order valence-electron chi connectivity index (χ3n) is 6.92. The predicted molar refractivity (Wildman–Crippen MR) is 123 cm³/mol. The fourth-order valence-corrected chi connectivity index (χ4v) is 5.89. The van der Waals surface area contributed by atoms with Gasteiger partial charge >= 0.3 is 0 Å². The molecule has 1 unspecified atom stereocenters. The second-order valence-corrected chi connectivity index (χ2v) is 11.1. The van der Waals surface area contributed by atoms with Gasteiger partial charge in [0, 0.05) is 19.1 Å². The van der Waals surface area contributed by atoms with Gasteiger partial charge in [-0.3, -0.25) is 19.2 Å². The first-order valence-electron chi connectivity index (χ1n) is 11.3. The molecule has 0 aliphatic heterocycles. The lowest BCUT2D eigenvalue weighted by atomic mass is 9.57. The number of sulfonamides is 1. The molecule has 4 atom stereocenters. The minimum atomic E-state index is -3.35. The summed E-state index contributed by atoms with van der Waals surface area (Å²) in [6.45, 7) is -0.244. The number of aryl methyl sites for hydroxylation is 1. The number of benzene rings is 1. The summed E-state index contributed by atoms with van der Waals surface area (Å²) in [5, 5.41) is 31.1. The molecule has 0 saturated heterocycles. The van der Waals surface area contributed by atoms with E-state index in [0.29, 0.717) is 18.4 Å². The molecule has 192 valence electrons. The number of nitrogens with one attached hydrogen (secondary N) is 1. The van der Waals surface area contributed by atoms with Gasteiger partial charge in [-0.1, -0.05) is 6.07 Å². The Balaban J connectivity index is 1.96. The third kappa shape index (κ3) is 5.30. The van der Waals surface area contributed by atoms with Crippen LogP contribution >= 0.6 is 0 Å². The Hall–Kier alpha value is -2.67. The van der Waals surface area contributed by atoms with Crippen molar-refractivity contribution in [1.82, 2.24) is 4.72 Å². The minimum Gasteiger partial charge on any atom is -0.507 e. The molecule has 12 heteroatoms. The number of hydrogen-bond donors (Lipinski definition) is 5. The number of rotatable bonds is 10. The number of aliphatic hydroxyl groups excluding tert-OH is 1. The van der Waals surface area contributed by atoms with Gasteiger partial charge in [-0.05, 0) is 55.2 Å². The first-order chi connectivity index (χ1) is 16.3. The number of hydrogen-bond acceptors (Lipinski definition) is 9. The molecular formula is C23H30N2O9S. The molecule has 0 aromatic heterocycles. The summed E-state index contributed by atoms with van der Waals surface area (Å²) in [5.41, 5.74) is 3.65. The van der Waals surface area contributed by atoms with Crippen LogP contribution in [0.3, 0.4) is 0 Å². The van der Waals surface area contributed by atoms with Gasteiger partial charge in [0.05, 0.1) is 24.2 Å². The van der Waals surface area contributed by atoms with Gasteiger partial charge in [-0.15, -0.1) is 0 Å². The number of Topliss-reactive ketones (excluding diaryl/α,β-unsaturated/α-hetero) is 3. The van der Waals surface area contributed by atoms with Gasteiger partial charge < -0.3 is 21.1 Å². The van der Waals surface area contributed by atoms with E-state index in [2.05, 4.69) is 4.72 Å². The van der Waals surface area contributed by atoms with E-state index in [4.69, 9.17) is 5.73 Å². The Morgan fingerprint density at radius 3 is 2.54 bits per heavy atom. The molecule has 0 radical (unpaired) electrons. The molecule has 2 aliphatic carbocycles. The smallest absolute Gasteiger partial charge is 0.225 e. The van der Waals surface area contributed by atoms with E-state index in [1.807, 2.05) is 0 Å². The number of aliphatic hydroxyl groups is 2. The second kappa shape index (κ2) is 10.1. The molecule has 3 rings (SSSR count). The van der Waals surface area contributed by atoms with Crippen molar-refractivity contribution in [3.8, 4) is 5.75 Å². The van der Waals surface area contributed by atoms with Crippen LogP contribution in [0, 0.1) is 17.8 Å². The van der Waals surface area contributed by atoms with Crippen molar-refractivity contribution in [2.45, 2.75) is 44.1 Å². The fraction of sp³-hybridized carbons (Fsp3) is 0.565. The summed E-state index contributed by atoms with van der Waals surface area (Å²) in [6, 6.07) is 2.97. The quantitative estimate of drug-likeness (QED) is 0.193. The lowest BCUT2D eigenvalue weighted by Crippen LogP contribution is -2.63. The van der Waals surface area contributed by atoms with Gasteiger partial charge in [-0.25, -0.2) is 13.1 Å². The molecule has 0 spiro atoms. The minimum absolute atomic E-state index is 0.0570. The Morgan fingerprint density at radius 1 is 1.26 bits per heavy atom. The molecule has 2 aliphatic rings. The van der Waals surface area contributed by atoms with Crippen molar-refractivity contribution in [2.75, 3.05) is 19.4 Å². The van der Waals surface area contributed by atoms with Crippen LogP contribution in [-0.4, -0.2) is 72.0 Å². The number of carbonyl (C=O) groups excluding carboxylic acids is 4. The second-order valence-electron chi connectivity index (χ2n) is 9.32. The van der Waals surface area contributed by atoms with Gasteiger partial charge in [0.15, 0.2) is 23.0 Å². The number of primary amides is 1. The lowest BCUT2D eigenvalue weighted by Gasteiger charge is -2.46. The van der Waals surface area contributed by atoms with Gasteiger partial charge in [-0.2, -0.15) is 0 Å². The zero-order chi connectivity index (χ0) is 26.1. The van der Waals surface area contributed by atoms with E-state index >= 15 is 0 Å². The van der Waals surface area contributed by atoms with Gasteiger partial charge in [0.2, 0.25) is 15.9 Å². The van der Waals surface area contributed by atoms with Crippen LogP contribution in [0.15, 0.2) is 12.1 Å². The Kier molecular flexibility index (Phi) is 7.80. The highest BCUT2D eigenvalue weighted by atomic mass is 32.2. The normalized spacial score (nSPS) is 26.2. The molecule has 1 aromatic carbocycles. The molecule has 1 saturated carbocycles. The summed E-state index contributed by atoms with van der Waals surface area (Å²) in [4.78, 5) is 50.9. The van der Waals surface area contributed by atoms with Crippen LogP contribution in [-0.2, 0) is 37.2 Å². The number of ketones is 3. The van der Waals surface area contributed by atoms with E-state index in [0.717, 1.165) is 11.8 Å². The number of amides is 1. The maximum absolute atomic E-state index is 13.5. The summed E-state index contributed by atoms with van der Waals surface area (Å²) < 4.78 is 25.0. The van der Waals surface area contributed by atoms with E-state index < -0.39 is 69.7 Å². The highest BCUT2D eigenvalue weighted by Crippen LogP contribution is 2.48. The summed E-state index contributed by atoms with van der Waals surface area (Å²) >= 11 is 0. The monoisotopic (exact) mass is 510 g/mol. The van der Waals surface area contributed by atoms with Crippen LogP contribution in [0.25, 0.3) is 0 Å². The summed E-state index contributed by atoms with van der Waals surface area (Å²) in [5.74, 6) is -7.24. The van der Waals surface area contributed by atoms with Crippen molar-refractivity contribution >= 4 is 33.3 Å². The molecule has 0 heterocycles. The highest BCUT2D eigenvalue weighted by molar-refractivity contribution is 7.88. The number of carbonyl (C=O) groups is 4. The number of fused-ring (bicyclic) bond motifs is 2. The van der Waals surface area contributed by atoms with E-state index in [1.54, 1.807) is 6.07 Å². The van der Waals surface area contributed by atoms with E-state index in [-0.39, 0.29) is 37.1 Å². The molecule has 11 nitrogen and oxygen atoms in total. The molecule has 6 N–H and O–H groups in total. The first-order valence-corrected chi connectivity index (χ1v) is 13.2. The average molecular weight is 511 g/mol. The Morgan fingerprint density at radius 2 is 1.94 bits per heavy atom. The topological polar surface area (TPSA) is 201 Å². The lowest BCUT2D eigenvalue weighted by molar-refractivity contribution is -0.167. The molecular weight excluding hydrogens is 480 g/mol. The van der Waals surface area contributed by atoms with Crippen LogP contribution in [0.2, 0.25) is 0 Å². The number of phenolic OH excluding ortho intramolecular Hbond substituents is 1. The zero-order valence-corrected chi connectivity index (χ0v) is 20.1. The highest BCUT2D eigenvalue weighted by Gasteiger charge is 2.60. The summed E-state index contributed by atoms with van der Waals surface area (Å²) in [7, 11) is -3.35. The Labute approximate surface area is 202 Å². The van der Waals surface area contributed by atoms with E-state index in [9.17, 15) is 42.9 Å². The van der Waals surface area contributed by atoms with Crippen molar-refractivity contribution in [2.24, 2.45) is 23.5 Å². The van der Waals surface area contributed by atoms with Crippen LogP contribution in [0.4, 0.5) is 0 Å². The van der Waals surface area contributed by atoms with Crippen molar-refractivity contribution < 1.29 is 42.9 Å². The number of phenols is 1.